The van der Waals surface area contributed by atoms with Crippen LogP contribution < -0.4 is 10.9 Å². The predicted octanol–water partition coefficient (Wildman–Crippen LogP) is 2.51. The Morgan fingerprint density at radius 1 is 1.15 bits per heavy atom. The Hall–Kier alpha value is -1.49. The van der Waals surface area contributed by atoms with E-state index < -0.39 is 0 Å². The standard InChI is InChI=1S/C15H20N2O2S/c1-11(20-13-9-5-6-10-13)14(18)16-17-15(19)12-7-3-2-4-8-12/h2-4,7-8,11,13H,5-6,9-10H2,1H3,(H,16,18)(H,17,19)/t11-/m0/s1. The highest BCUT2D eigenvalue weighted by atomic mass is 32.2. The monoisotopic (exact) mass is 292 g/mol. The first kappa shape index (κ1) is 14.9. The minimum atomic E-state index is -0.294. The molecule has 2 rings (SSSR count). The summed E-state index contributed by atoms with van der Waals surface area (Å²) in [6, 6.07) is 8.83. The summed E-state index contributed by atoms with van der Waals surface area (Å²) in [6.45, 7) is 1.88. The van der Waals surface area contributed by atoms with Gasteiger partial charge in [0.25, 0.3) is 11.8 Å². The van der Waals surface area contributed by atoms with Crippen molar-refractivity contribution >= 4 is 23.6 Å². The van der Waals surface area contributed by atoms with Crippen LogP contribution in [-0.2, 0) is 4.79 Å². The van der Waals surface area contributed by atoms with Crippen LogP contribution in [0.3, 0.4) is 0 Å². The number of amides is 2. The lowest BCUT2D eigenvalue weighted by molar-refractivity contribution is -0.121. The second kappa shape index (κ2) is 7.33. The van der Waals surface area contributed by atoms with Crippen LogP contribution in [0.4, 0.5) is 0 Å². The Kier molecular flexibility index (Phi) is 5.47. The van der Waals surface area contributed by atoms with Gasteiger partial charge in [-0.1, -0.05) is 31.0 Å². The topological polar surface area (TPSA) is 58.2 Å². The molecule has 0 bridgehead atoms. The zero-order chi connectivity index (χ0) is 14.4. The van der Waals surface area contributed by atoms with Crippen LogP contribution in [0.25, 0.3) is 0 Å². The van der Waals surface area contributed by atoms with Crippen LogP contribution in [0.2, 0.25) is 0 Å². The molecule has 1 aliphatic rings. The highest BCUT2D eigenvalue weighted by molar-refractivity contribution is 8.01. The van der Waals surface area contributed by atoms with E-state index in [4.69, 9.17) is 0 Å². The number of hydrazine groups is 1. The third-order valence-electron chi connectivity index (χ3n) is 3.40. The molecule has 2 amide bonds. The van der Waals surface area contributed by atoms with Crippen molar-refractivity contribution < 1.29 is 9.59 Å². The lowest BCUT2D eigenvalue weighted by atomic mass is 10.2. The van der Waals surface area contributed by atoms with Crippen molar-refractivity contribution in [1.29, 1.82) is 0 Å². The Labute approximate surface area is 123 Å². The molecular formula is C15H20N2O2S. The molecule has 1 aliphatic carbocycles. The highest BCUT2D eigenvalue weighted by Gasteiger charge is 2.22. The third kappa shape index (κ3) is 4.27. The van der Waals surface area contributed by atoms with E-state index in [1.165, 1.54) is 25.7 Å². The predicted molar refractivity (Wildman–Crippen MR) is 81.4 cm³/mol. The number of hydrogen-bond acceptors (Lipinski definition) is 3. The highest BCUT2D eigenvalue weighted by Crippen LogP contribution is 2.32. The van der Waals surface area contributed by atoms with Gasteiger partial charge in [0.1, 0.15) is 0 Å². The van der Waals surface area contributed by atoms with Crippen molar-refractivity contribution in [3.05, 3.63) is 35.9 Å². The average molecular weight is 292 g/mol. The summed E-state index contributed by atoms with van der Waals surface area (Å²) in [5.74, 6) is -0.441. The molecule has 5 heteroatoms. The van der Waals surface area contributed by atoms with E-state index in [0.29, 0.717) is 10.8 Å². The van der Waals surface area contributed by atoms with Gasteiger partial charge in [0.05, 0.1) is 5.25 Å². The van der Waals surface area contributed by atoms with Crippen molar-refractivity contribution in [3.8, 4) is 0 Å². The number of carbonyl (C=O) groups is 2. The summed E-state index contributed by atoms with van der Waals surface area (Å²) in [5, 5.41) is 0.440. The van der Waals surface area contributed by atoms with Gasteiger partial charge in [0.15, 0.2) is 0 Å². The van der Waals surface area contributed by atoms with Crippen molar-refractivity contribution in [3.63, 3.8) is 0 Å². The van der Waals surface area contributed by atoms with Crippen molar-refractivity contribution in [2.45, 2.75) is 43.1 Å². The SMILES string of the molecule is C[C@H](SC1CCCC1)C(=O)NNC(=O)c1ccccc1. The minimum absolute atomic E-state index is 0.144. The molecule has 1 atom stereocenters. The number of nitrogens with one attached hydrogen (secondary N) is 2. The zero-order valence-corrected chi connectivity index (χ0v) is 12.4. The maximum absolute atomic E-state index is 11.9. The van der Waals surface area contributed by atoms with Crippen LogP contribution >= 0.6 is 11.8 Å². The van der Waals surface area contributed by atoms with Gasteiger partial charge in [-0.25, -0.2) is 0 Å². The van der Waals surface area contributed by atoms with E-state index in [1.54, 1.807) is 36.0 Å². The third-order valence-corrected chi connectivity index (χ3v) is 4.88. The lowest BCUT2D eigenvalue weighted by Gasteiger charge is -2.16. The second-order valence-electron chi connectivity index (χ2n) is 4.99. The fourth-order valence-corrected chi connectivity index (χ4v) is 3.62. The molecule has 1 aromatic carbocycles. The van der Waals surface area contributed by atoms with Gasteiger partial charge in [0, 0.05) is 10.8 Å². The van der Waals surface area contributed by atoms with Gasteiger partial charge in [-0.15, -0.1) is 11.8 Å². The largest absolute Gasteiger partial charge is 0.272 e. The summed E-state index contributed by atoms with van der Waals surface area (Å²) in [7, 11) is 0. The molecule has 2 N–H and O–H groups in total. The van der Waals surface area contributed by atoms with Gasteiger partial charge in [-0.05, 0) is 31.9 Å². The van der Waals surface area contributed by atoms with E-state index in [0.717, 1.165) is 0 Å². The van der Waals surface area contributed by atoms with Gasteiger partial charge in [-0.2, -0.15) is 0 Å². The van der Waals surface area contributed by atoms with Gasteiger partial charge in [-0.3, -0.25) is 20.4 Å². The van der Waals surface area contributed by atoms with Crippen LogP contribution in [-0.4, -0.2) is 22.3 Å². The molecule has 108 valence electrons. The van der Waals surface area contributed by atoms with Crippen LogP contribution in [0.5, 0.6) is 0 Å². The van der Waals surface area contributed by atoms with E-state index >= 15 is 0 Å². The van der Waals surface area contributed by atoms with Crippen molar-refractivity contribution in [1.82, 2.24) is 10.9 Å². The first-order chi connectivity index (χ1) is 9.66. The molecule has 0 saturated heterocycles. The number of rotatable bonds is 4. The zero-order valence-electron chi connectivity index (χ0n) is 11.6. The first-order valence-corrected chi connectivity index (χ1v) is 7.92. The average Bonchev–Trinajstić information content (AvgIpc) is 2.98. The van der Waals surface area contributed by atoms with E-state index in [-0.39, 0.29) is 17.1 Å². The molecule has 4 nitrogen and oxygen atoms in total. The number of benzene rings is 1. The summed E-state index contributed by atoms with van der Waals surface area (Å²) in [5.41, 5.74) is 5.48. The van der Waals surface area contributed by atoms with E-state index in [2.05, 4.69) is 10.9 Å². The molecule has 1 saturated carbocycles. The fourth-order valence-electron chi connectivity index (χ4n) is 2.26. The maximum atomic E-state index is 11.9. The Balaban J connectivity index is 1.75. The van der Waals surface area contributed by atoms with Gasteiger partial charge < -0.3 is 0 Å². The second-order valence-corrected chi connectivity index (χ2v) is 6.64. The maximum Gasteiger partial charge on any atom is 0.269 e. The molecule has 0 heterocycles. The lowest BCUT2D eigenvalue weighted by Crippen LogP contribution is -2.45. The molecule has 0 unspecified atom stereocenters. The smallest absolute Gasteiger partial charge is 0.269 e. The number of thioether (sulfide) groups is 1. The Morgan fingerprint density at radius 3 is 2.45 bits per heavy atom. The van der Waals surface area contributed by atoms with E-state index in [9.17, 15) is 9.59 Å². The quantitative estimate of drug-likeness (QED) is 0.838. The van der Waals surface area contributed by atoms with Gasteiger partial charge in [0.2, 0.25) is 0 Å². The van der Waals surface area contributed by atoms with Crippen LogP contribution in [0.1, 0.15) is 43.0 Å². The van der Waals surface area contributed by atoms with Crippen LogP contribution in [0.15, 0.2) is 30.3 Å². The molecule has 1 aromatic rings. The van der Waals surface area contributed by atoms with Crippen molar-refractivity contribution in [2.75, 3.05) is 0 Å². The van der Waals surface area contributed by atoms with Gasteiger partial charge >= 0.3 is 0 Å². The Bertz CT molecular complexity index is 458. The molecule has 0 aliphatic heterocycles. The summed E-state index contributed by atoms with van der Waals surface area (Å²) >= 11 is 1.70. The summed E-state index contributed by atoms with van der Waals surface area (Å²) in [6.07, 6.45) is 4.91. The summed E-state index contributed by atoms with van der Waals surface area (Å²) < 4.78 is 0. The molecule has 0 aromatic heterocycles. The molecule has 1 fully saturated rings. The number of carbonyl (C=O) groups excluding carboxylic acids is 2. The minimum Gasteiger partial charge on any atom is -0.272 e. The van der Waals surface area contributed by atoms with E-state index in [1.807, 2.05) is 13.0 Å². The molecule has 20 heavy (non-hydrogen) atoms. The molecular weight excluding hydrogens is 272 g/mol. The van der Waals surface area contributed by atoms with Crippen LogP contribution in [0, 0.1) is 0 Å². The Morgan fingerprint density at radius 2 is 1.80 bits per heavy atom. The number of hydrogen-bond donors (Lipinski definition) is 2. The fraction of sp³-hybridized carbons (Fsp3) is 0.467. The van der Waals surface area contributed by atoms with Crippen molar-refractivity contribution in [2.24, 2.45) is 0 Å². The summed E-state index contributed by atoms with van der Waals surface area (Å²) in [4.78, 5) is 23.7. The molecule has 0 radical (unpaired) electrons. The normalized spacial score (nSPS) is 16.6. The first-order valence-electron chi connectivity index (χ1n) is 6.97. The molecule has 0 spiro atoms.